The lowest BCUT2D eigenvalue weighted by Crippen LogP contribution is -2.43. The molecule has 0 saturated carbocycles. The maximum absolute atomic E-state index is 5.73. The molecule has 76 valence electrons. The van der Waals surface area contributed by atoms with Crippen LogP contribution >= 0.6 is 0 Å². The van der Waals surface area contributed by atoms with Gasteiger partial charge in [0.25, 0.3) is 0 Å². The lowest BCUT2D eigenvalue weighted by atomic mass is 9.81. The van der Waals surface area contributed by atoms with Crippen molar-refractivity contribution in [1.29, 1.82) is 0 Å². The van der Waals surface area contributed by atoms with E-state index in [0.717, 1.165) is 30.5 Å². The van der Waals surface area contributed by atoms with E-state index in [4.69, 9.17) is 4.74 Å². The van der Waals surface area contributed by atoms with Gasteiger partial charge in [-0.2, -0.15) is 0 Å². The van der Waals surface area contributed by atoms with E-state index in [1.165, 1.54) is 6.54 Å². The second-order valence-corrected chi connectivity index (χ2v) is 5.16. The molecule has 0 amide bonds. The maximum atomic E-state index is 5.73. The van der Waals surface area contributed by atoms with Crippen molar-refractivity contribution in [3.05, 3.63) is 0 Å². The van der Waals surface area contributed by atoms with E-state index in [1.807, 2.05) is 0 Å². The molecule has 13 heavy (non-hydrogen) atoms. The first-order valence-electron chi connectivity index (χ1n) is 5.47. The van der Waals surface area contributed by atoms with Crippen LogP contribution in [0.1, 0.15) is 27.7 Å². The van der Waals surface area contributed by atoms with Crippen molar-refractivity contribution in [3.63, 3.8) is 0 Å². The van der Waals surface area contributed by atoms with Gasteiger partial charge in [-0.05, 0) is 11.8 Å². The molecular weight excluding hydrogens is 162 g/mol. The number of nitrogens with zero attached hydrogens (tertiary/aromatic N) is 1. The summed E-state index contributed by atoms with van der Waals surface area (Å²) in [4.78, 5) is 2.51. The van der Waals surface area contributed by atoms with Crippen LogP contribution in [0.4, 0.5) is 0 Å². The first kappa shape index (κ1) is 9.47. The van der Waals surface area contributed by atoms with Crippen molar-refractivity contribution in [2.24, 2.45) is 17.8 Å². The molecule has 0 aromatic heterocycles. The van der Waals surface area contributed by atoms with Crippen molar-refractivity contribution >= 4 is 0 Å². The molecule has 0 spiro atoms. The van der Waals surface area contributed by atoms with Crippen LogP contribution in [0.3, 0.4) is 0 Å². The summed E-state index contributed by atoms with van der Waals surface area (Å²) in [7, 11) is 0. The van der Waals surface area contributed by atoms with E-state index in [-0.39, 0.29) is 0 Å². The van der Waals surface area contributed by atoms with Crippen LogP contribution in [-0.4, -0.2) is 30.3 Å². The molecule has 0 radical (unpaired) electrons. The molecule has 2 fully saturated rings. The van der Waals surface area contributed by atoms with Crippen LogP contribution < -0.4 is 0 Å². The van der Waals surface area contributed by atoms with E-state index in [1.54, 1.807) is 0 Å². The fourth-order valence-corrected chi connectivity index (χ4v) is 3.12. The molecule has 2 unspecified atom stereocenters. The molecule has 2 aliphatic heterocycles. The van der Waals surface area contributed by atoms with Gasteiger partial charge in [-0.3, -0.25) is 4.90 Å². The van der Waals surface area contributed by atoms with Crippen LogP contribution in [-0.2, 0) is 4.74 Å². The number of rotatable bonds is 2. The van der Waals surface area contributed by atoms with Crippen molar-refractivity contribution in [1.82, 2.24) is 4.90 Å². The Hall–Kier alpha value is -0.0800. The third kappa shape index (κ3) is 1.40. The highest BCUT2D eigenvalue weighted by Gasteiger charge is 2.49. The van der Waals surface area contributed by atoms with Crippen LogP contribution in [0.25, 0.3) is 0 Å². The topological polar surface area (TPSA) is 12.5 Å². The van der Waals surface area contributed by atoms with Gasteiger partial charge >= 0.3 is 0 Å². The van der Waals surface area contributed by atoms with E-state index >= 15 is 0 Å². The van der Waals surface area contributed by atoms with E-state index < -0.39 is 0 Å². The Kier molecular flexibility index (Phi) is 2.37. The van der Waals surface area contributed by atoms with Crippen LogP contribution in [0.5, 0.6) is 0 Å². The second-order valence-electron chi connectivity index (χ2n) is 5.16. The van der Waals surface area contributed by atoms with Gasteiger partial charge in [0.15, 0.2) is 0 Å². The molecule has 2 heterocycles. The fraction of sp³-hybridized carbons (Fsp3) is 1.00. The van der Waals surface area contributed by atoms with Crippen LogP contribution in [0.2, 0.25) is 0 Å². The summed E-state index contributed by atoms with van der Waals surface area (Å²) in [6.07, 6.45) is 0.521. The minimum Gasteiger partial charge on any atom is -0.361 e. The van der Waals surface area contributed by atoms with E-state index in [9.17, 15) is 0 Å². The molecular formula is C11H21NO. The third-order valence-electron chi connectivity index (χ3n) is 3.57. The summed E-state index contributed by atoms with van der Waals surface area (Å²) in [5.74, 6) is 2.28. The molecule has 2 aliphatic rings. The zero-order chi connectivity index (χ0) is 9.59. The minimum absolute atomic E-state index is 0.521. The molecule has 0 N–H and O–H groups in total. The molecule has 0 aromatic carbocycles. The van der Waals surface area contributed by atoms with Gasteiger partial charge in [0.05, 0.1) is 12.8 Å². The van der Waals surface area contributed by atoms with Crippen molar-refractivity contribution < 1.29 is 4.74 Å². The monoisotopic (exact) mass is 183 g/mol. The Morgan fingerprint density at radius 1 is 1.15 bits per heavy atom. The molecule has 2 saturated heterocycles. The highest BCUT2D eigenvalue weighted by atomic mass is 16.5. The van der Waals surface area contributed by atoms with Gasteiger partial charge in [-0.25, -0.2) is 0 Å². The largest absolute Gasteiger partial charge is 0.361 e. The molecule has 0 aromatic rings. The maximum Gasteiger partial charge on any atom is 0.0998 e. The number of ether oxygens (including phenoxy) is 1. The third-order valence-corrected chi connectivity index (χ3v) is 3.57. The van der Waals surface area contributed by atoms with Gasteiger partial charge in [0.1, 0.15) is 0 Å². The van der Waals surface area contributed by atoms with Gasteiger partial charge < -0.3 is 4.74 Å². The predicted octanol–water partition coefficient (Wildman–Crippen LogP) is 1.96. The smallest absolute Gasteiger partial charge is 0.0998 e. The lowest BCUT2D eigenvalue weighted by molar-refractivity contribution is -0.0469. The van der Waals surface area contributed by atoms with Crippen molar-refractivity contribution in [2.45, 2.75) is 39.8 Å². The Morgan fingerprint density at radius 3 is 2.31 bits per heavy atom. The summed E-state index contributed by atoms with van der Waals surface area (Å²) in [6.45, 7) is 11.4. The van der Waals surface area contributed by atoms with Gasteiger partial charge in [0.2, 0.25) is 0 Å². The Bertz CT molecular complexity index is 171. The average Bonchev–Trinajstić information content (AvgIpc) is 2.60. The Morgan fingerprint density at radius 2 is 1.85 bits per heavy atom. The molecule has 2 nitrogen and oxygen atoms in total. The molecule has 2 bridgehead atoms. The SMILES string of the molecule is CC(C)[C@H]1C2CN(CO2)[C@H]1C(C)C. The summed E-state index contributed by atoms with van der Waals surface area (Å²) in [5, 5.41) is 0. The first-order chi connectivity index (χ1) is 6.11. The summed E-state index contributed by atoms with van der Waals surface area (Å²) >= 11 is 0. The quantitative estimate of drug-likeness (QED) is 0.649. The molecule has 2 rings (SSSR count). The van der Waals surface area contributed by atoms with Gasteiger partial charge in [-0.15, -0.1) is 0 Å². The predicted molar refractivity (Wildman–Crippen MR) is 53.4 cm³/mol. The lowest BCUT2D eigenvalue weighted by Gasteiger charge is -2.37. The number of fused-ring (bicyclic) bond motifs is 2. The van der Waals surface area contributed by atoms with Crippen molar-refractivity contribution in [2.75, 3.05) is 13.3 Å². The Balaban J connectivity index is 2.15. The second kappa shape index (κ2) is 3.25. The molecule has 4 atom stereocenters. The van der Waals surface area contributed by atoms with E-state index in [0.29, 0.717) is 6.10 Å². The fourth-order valence-electron chi connectivity index (χ4n) is 3.12. The summed E-state index contributed by atoms with van der Waals surface area (Å²) in [5.41, 5.74) is 0. The van der Waals surface area contributed by atoms with Gasteiger partial charge in [-0.1, -0.05) is 27.7 Å². The first-order valence-corrected chi connectivity index (χ1v) is 5.47. The highest BCUT2D eigenvalue weighted by Crippen LogP contribution is 2.40. The standard InChI is InChI=1S/C11H21NO/c1-7(2)10-9-5-12(6-13-9)11(10)8(3)4/h7-11H,5-6H2,1-4H3/t9?,10-,11-/m0/s1. The summed E-state index contributed by atoms with van der Waals surface area (Å²) in [6, 6.07) is 0.763. The molecule has 0 aliphatic carbocycles. The molecule has 2 heteroatoms. The summed E-state index contributed by atoms with van der Waals surface area (Å²) < 4.78 is 5.73. The zero-order valence-corrected chi connectivity index (χ0v) is 9.16. The minimum atomic E-state index is 0.521. The van der Waals surface area contributed by atoms with Gasteiger partial charge in [0, 0.05) is 18.5 Å². The average molecular weight is 183 g/mol. The zero-order valence-electron chi connectivity index (χ0n) is 9.16. The number of hydrogen-bond donors (Lipinski definition) is 0. The Labute approximate surface area is 81.3 Å². The van der Waals surface area contributed by atoms with Crippen molar-refractivity contribution in [3.8, 4) is 0 Å². The van der Waals surface area contributed by atoms with Crippen LogP contribution in [0.15, 0.2) is 0 Å². The van der Waals surface area contributed by atoms with E-state index in [2.05, 4.69) is 32.6 Å². The highest BCUT2D eigenvalue weighted by molar-refractivity contribution is 4.99. The number of hydrogen-bond acceptors (Lipinski definition) is 2. The normalized spacial score (nSPS) is 43.8. The van der Waals surface area contributed by atoms with Crippen LogP contribution in [0, 0.1) is 17.8 Å².